The van der Waals surface area contributed by atoms with Gasteiger partial charge >= 0.3 is 13.7 Å². The molecule has 24 rings (SSSR count). The minimum atomic E-state index is -0.106. The van der Waals surface area contributed by atoms with Crippen molar-refractivity contribution in [3.8, 4) is 33.6 Å². The summed E-state index contributed by atoms with van der Waals surface area (Å²) in [5.74, 6) is 0. The summed E-state index contributed by atoms with van der Waals surface area (Å²) >= 11 is 7.86. The highest BCUT2D eigenvalue weighted by Crippen LogP contribution is 2.54. The van der Waals surface area contributed by atoms with E-state index in [1.54, 1.807) is 0 Å². The van der Waals surface area contributed by atoms with Gasteiger partial charge in [0.1, 0.15) is 0 Å². The minimum absolute atomic E-state index is 0.106. The van der Waals surface area contributed by atoms with Gasteiger partial charge in [0.25, 0.3) is 0 Å². The van der Waals surface area contributed by atoms with E-state index in [1.807, 2.05) is 45.3 Å². The number of nitrogens with zero attached hydrogens (tertiary/aromatic N) is 4. The van der Waals surface area contributed by atoms with Crippen LogP contribution in [0.25, 0.3) is 191 Å². The summed E-state index contributed by atoms with van der Waals surface area (Å²) in [6.45, 7) is -0.212. The highest BCUT2D eigenvalue weighted by Gasteiger charge is 2.47. The Morgan fingerprint density at radius 3 is 1.05 bits per heavy atom. The second-order valence-electron chi connectivity index (χ2n) is 24.0. The summed E-state index contributed by atoms with van der Waals surface area (Å²) in [4.78, 5) is 0. The molecule has 0 aliphatic carbocycles. The summed E-state index contributed by atoms with van der Waals surface area (Å²) in [6.07, 6.45) is 0. The molecule has 0 saturated heterocycles. The molecule has 20 aromatic rings. The number of para-hydroxylation sites is 2. The van der Waals surface area contributed by atoms with Crippen molar-refractivity contribution in [2.75, 3.05) is 0 Å². The van der Waals surface area contributed by atoms with Gasteiger partial charge in [-0.3, -0.25) is 0 Å². The molecule has 0 unspecified atom stereocenters. The van der Waals surface area contributed by atoms with E-state index in [0.717, 1.165) is 0 Å². The van der Waals surface area contributed by atoms with E-state index in [2.05, 4.69) is 224 Å². The lowest BCUT2D eigenvalue weighted by atomic mass is 9.45. The third kappa shape index (κ3) is 4.47. The van der Waals surface area contributed by atoms with Gasteiger partial charge in [-0.25, -0.2) is 0 Å². The van der Waals surface area contributed by atoms with Crippen LogP contribution in [0, 0.1) is 0 Å². The van der Waals surface area contributed by atoms with Crippen LogP contribution >= 0.6 is 45.3 Å². The first-order valence-electron chi connectivity index (χ1n) is 29.1. The molecule has 10 heteroatoms. The zero-order valence-electron chi connectivity index (χ0n) is 44.2. The van der Waals surface area contributed by atoms with E-state index in [9.17, 15) is 0 Å². The number of rotatable bonds is 0. The Hall–Kier alpha value is -9.41. The second-order valence-corrected chi connectivity index (χ2v) is 28.2. The van der Waals surface area contributed by atoms with E-state index in [4.69, 9.17) is 0 Å². The number of hydrogen-bond donors (Lipinski definition) is 0. The largest absolute Gasteiger partial charge is 0.374 e. The topological polar surface area (TPSA) is 19.7 Å². The molecule has 12 aromatic carbocycles. The fourth-order valence-corrected chi connectivity index (χ4v) is 22.5. The Kier molecular flexibility index (Phi) is 7.06. The van der Waals surface area contributed by atoms with Gasteiger partial charge in [0.15, 0.2) is 0 Å². The molecule has 0 amide bonds. The van der Waals surface area contributed by atoms with Crippen LogP contribution in [0.1, 0.15) is 0 Å². The Morgan fingerprint density at radius 1 is 0.262 bits per heavy atom. The first-order chi connectivity index (χ1) is 41.7. The molecular formula is C74H34B2N4S4. The zero-order chi connectivity index (χ0) is 53.4. The number of thiophene rings is 4. The molecular weight excluding hydrogens is 1090 g/mol. The molecule has 0 spiro atoms. The van der Waals surface area contributed by atoms with Gasteiger partial charge in [0.2, 0.25) is 0 Å². The number of benzene rings is 12. The number of hydrogen-bond acceptors (Lipinski definition) is 4. The molecule has 0 atom stereocenters. The Labute approximate surface area is 492 Å². The van der Waals surface area contributed by atoms with Gasteiger partial charge in [-0.15, -0.1) is 45.3 Å². The van der Waals surface area contributed by atoms with Crippen molar-refractivity contribution in [1.82, 2.24) is 18.1 Å². The van der Waals surface area contributed by atoms with Gasteiger partial charge in [-0.1, -0.05) is 158 Å². The van der Waals surface area contributed by atoms with E-state index in [1.165, 1.54) is 213 Å². The second kappa shape index (κ2) is 14.0. The Bertz CT molecular complexity index is 6300. The standard InChI is InChI=1S/C74H34B2N4S4/c1-5-25-55-35(13-1)43-29-31-51-59(71(43)81-55)61-69-49(33-47-37-15-3-7-27-57(37)83-73(47)61)75-63-39(17-11-23-53(63)77(51)69)41-19-9-21-45-65(41)79(75)67-46-22-10-20-42-40-18-12-24-54-64(40)76(80(66(42)46)68(45)67)50-34-48-38-16-4-8-28-58(38)84-74(48)62-60-52(78(54)70(50)62)32-30-44-36-14-2-6-26-56(36)82-72(44)60/h1-34H. The minimum Gasteiger partial charge on any atom is -0.374 e. The lowest BCUT2D eigenvalue weighted by Gasteiger charge is -2.34. The van der Waals surface area contributed by atoms with Gasteiger partial charge < -0.3 is 18.1 Å². The summed E-state index contributed by atoms with van der Waals surface area (Å²) in [6, 6.07) is 80.2. The number of aromatic nitrogens is 4. The van der Waals surface area contributed by atoms with Crippen LogP contribution < -0.4 is 21.9 Å². The van der Waals surface area contributed by atoms with Gasteiger partial charge in [-0.05, 0) is 81.5 Å². The highest BCUT2D eigenvalue weighted by atomic mass is 32.1. The maximum Gasteiger partial charge on any atom is 0.333 e. The molecule has 84 heavy (non-hydrogen) atoms. The molecule has 0 bridgehead atoms. The molecule has 4 nitrogen and oxygen atoms in total. The van der Waals surface area contributed by atoms with E-state index in [-0.39, 0.29) is 13.7 Å². The third-order valence-electron chi connectivity index (χ3n) is 20.5. The van der Waals surface area contributed by atoms with Crippen molar-refractivity contribution < 1.29 is 0 Å². The number of fused-ring (bicyclic) bond motifs is 35. The van der Waals surface area contributed by atoms with Crippen molar-refractivity contribution in [3.63, 3.8) is 0 Å². The smallest absolute Gasteiger partial charge is 0.333 e. The first-order valence-corrected chi connectivity index (χ1v) is 32.3. The molecule has 4 aliphatic rings. The van der Waals surface area contributed by atoms with Gasteiger partial charge in [0, 0.05) is 147 Å². The van der Waals surface area contributed by atoms with E-state index < -0.39 is 0 Å². The fourth-order valence-electron chi connectivity index (χ4n) is 17.6. The molecule has 0 radical (unpaired) electrons. The van der Waals surface area contributed by atoms with Crippen LogP contribution in [0.4, 0.5) is 0 Å². The van der Waals surface area contributed by atoms with Crippen molar-refractivity contribution in [1.29, 1.82) is 0 Å². The van der Waals surface area contributed by atoms with Crippen LogP contribution in [0.2, 0.25) is 0 Å². The predicted molar refractivity (Wildman–Crippen MR) is 367 cm³/mol. The van der Waals surface area contributed by atoms with Crippen LogP contribution in [0.15, 0.2) is 206 Å². The zero-order valence-corrected chi connectivity index (χ0v) is 47.5. The van der Waals surface area contributed by atoms with Crippen LogP contribution in [0.3, 0.4) is 0 Å². The van der Waals surface area contributed by atoms with Gasteiger partial charge in [0.05, 0.1) is 33.1 Å². The summed E-state index contributed by atoms with van der Waals surface area (Å²) in [5.41, 5.74) is 23.9. The molecule has 12 heterocycles. The summed E-state index contributed by atoms with van der Waals surface area (Å²) in [5, 5.41) is 18.9. The molecule has 0 N–H and O–H groups in total. The van der Waals surface area contributed by atoms with Crippen molar-refractivity contribution in [3.05, 3.63) is 206 Å². The molecule has 0 saturated carbocycles. The van der Waals surface area contributed by atoms with Gasteiger partial charge in [-0.2, -0.15) is 0 Å². The molecule has 8 aromatic heterocycles. The van der Waals surface area contributed by atoms with Crippen molar-refractivity contribution in [2.45, 2.75) is 0 Å². The molecule has 0 fully saturated rings. The highest BCUT2D eigenvalue weighted by molar-refractivity contribution is 7.29. The van der Waals surface area contributed by atoms with Crippen LogP contribution in [0.5, 0.6) is 0 Å². The Balaban J connectivity index is 0.887. The lowest BCUT2D eigenvalue weighted by molar-refractivity contribution is 1.18. The van der Waals surface area contributed by atoms with Crippen LogP contribution in [-0.4, -0.2) is 31.8 Å². The first kappa shape index (κ1) is 42.4. The van der Waals surface area contributed by atoms with E-state index in [0.29, 0.717) is 0 Å². The third-order valence-corrected chi connectivity index (χ3v) is 25.3. The molecule has 4 aliphatic heterocycles. The summed E-state index contributed by atoms with van der Waals surface area (Å²) in [7, 11) is 0. The maximum atomic E-state index is 2.86. The SMILES string of the molecule is c1cc2c3c(c1)-n1c4ccc5c6ccccc6sc5c4c4c5sc6ccccc6c5cc(c41)B3n1c3c-2cccc3c2c1c1cccc3c1n2B1c2c-3cccc2-n2c3ccc4c5ccccc5sc4c3c3c4sc5ccccc5c4cc1c32. The predicted octanol–water partition coefficient (Wildman–Crippen LogP) is 18.3. The average Bonchev–Trinajstić information content (AvgIpc) is 1.50. The van der Waals surface area contributed by atoms with Crippen molar-refractivity contribution in [2.24, 2.45) is 0 Å². The Morgan fingerprint density at radius 2 is 0.619 bits per heavy atom. The monoisotopic (exact) mass is 1130 g/mol. The van der Waals surface area contributed by atoms with Crippen molar-refractivity contribution >= 4 is 238 Å². The fraction of sp³-hybridized carbons (Fsp3) is 0. The molecule has 380 valence electrons. The lowest BCUT2D eigenvalue weighted by Crippen LogP contribution is -2.55. The van der Waals surface area contributed by atoms with Crippen LogP contribution in [-0.2, 0) is 0 Å². The summed E-state index contributed by atoms with van der Waals surface area (Å²) < 4.78 is 22.0. The van der Waals surface area contributed by atoms with E-state index >= 15 is 0 Å². The maximum absolute atomic E-state index is 2.86. The average molecular weight is 1130 g/mol. The quantitative estimate of drug-likeness (QED) is 0.135. The normalized spacial score (nSPS) is 13.9.